The van der Waals surface area contributed by atoms with E-state index < -0.39 is 4.92 Å². The predicted octanol–water partition coefficient (Wildman–Crippen LogP) is 2.28. The molecular formula is C13H12N2O5. The summed E-state index contributed by atoms with van der Waals surface area (Å²) >= 11 is 0. The highest BCUT2D eigenvalue weighted by Gasteiger charge is 2.18. The minimum absolute atomic E-state index is 0.00255. The Kier molecular flexibility index (Phi) is 4.11. The molecule has 0 fully saturated rings. The first-order valence-electron chi connectivity index (χ1n) is 5.70. The standard InChI is InChI=1S/C13H12N2O5/c1-19-10-4-5-11(15(17)18)12(7-10)20-13-9(8-16)3-2-6-14-13/h2-7,16H,8H2,1H3. The van der Waals surface area contributed by atoms with Gasteiger partial charge in [0.15, 0.2) is 0 Å². The van der Waals surface area contributed by atoms with Gasteiger partial charge in [0.25, 0.3) is 0 Å². The fourth-order valence-corrected chi connectivity index (χ4v) is 1.59. The topological polar surface area (TPSA) is 94.7 Å². The largest absolute Gasteiger partial charge is 0.497 e. The first-order chi connectivity index (χ1) is 9.65. The molecule has 0 atom stereocenters. The highest BCUT2D eigenvalue weighted by Crippen LogP contribution is 2.34. The highest BCUT2D eigenvalue weighted by molar-refractivity contribution is 5.52. The number of aromatic nitrogens is 1. The van der Waals surface area contributed by atoms with Gasteiger partial charge in [0, 0.05) is 23.9 Å². The van der Waals surface area contributed by atoms with Crippen molar-refractivity contribution < 1.29 is 19.5 Å². The molecule has 0 radical (unpaired) electrons. The second-order valence-electron chi connectivity index (χ2n) is 3.82. The lowest BCUT2D eigenvalue weighted by atomic mass is 10.2. The molecule has 0 saturated heterocycles. The molecule has 0 bridgehead atoms. The number of ether oxygens (including phenoxy) is 2. The first kappa shape index (κ1) is 13.8. The maximum Gasteiger partial charge on any atom is 0.311 e. The quantitative estimate of drug-likeness (QED) is 0.665. The molecule has 0 unspecified atom stereocenters. The Morgan fingerprint density at radius 1 is 1.40 bits per heavy atom. The fourth-order valence-electron chi connectivity index (χ4n) is 1.59. The molecule has 1 aromatic carbocycles. The number of methoxy groups -OCH3 is 1. The molecule has 2 aromatic rings. The number of nitro groups is 1. The molecule has 0 saturated carbocycles. The van der Waals surface area contributed by atoms with Crippen molar-refractivity contribution in [1.82, 2.24) is 4.98 Å². The van der Waals surface area contributed by atoms with Crippen LogP contribution in [0.1, 0.15) is 5.56 Å². The minimum Gasteiger partial charge on any atom is -0.497 e. The van der Waals surface area contributed by atoms with E-state index >= 15 is 0 Å². The van der Waals surface area contributed by atoms with E-state index in [0.717, 1.165) is 0 Å². The van der Waals surface area contributed by atoms with Crippen LogP contribution in [-0.4, -0.2) is 22.1 Å². The van der Waals surface area contributed by atoms with E-state index in [2.05, 4.69) is 4.98 Å². The van der Waals surface area contributed by atoms with Crippen LogP contribution < -0.4 is 9.47 Å². The van der Waals surface area contributed by atoms with Crippen LogP contribution in [0.5, 0.6) is 17.4 Å². The third-order valence-corrected chi connectivity index (χ3v) is 2.59. The number of aliphatic hydroxyl groups excluding tert-OH is 1. The molecule has 1 aromatic heterocycles. The van der Waals surface area contributed by atoms with Crippen molar-refractivity contribution >= 4 is 5.69 Å². The second kappa shape index (κ2) is 5.98. The molecule has 7 heteroatoms. The Labute approximate surface area is 114 Å². The third kappa shape index (κ3) is 2.83. The molecule has 104 valence electrons. The molecule has 20 heavy (non-hydrogen) atoms. The molecule has 1 heterocycles. The van der Waals surface area contributed by atoms with Crippen LogP contribution >= 0.6 is 0 Å². The summed E-state index contributed by atoms with van der Waals surface area (Å²) in [4.78, 5) is 14.4. The van der Waals surface area contributed by atoms with Crippen molar-refractivity contribution in [3.63, 3.8) is 0 Å². The van der Waals surface area contributed by atoms with Gasteiger partial charge in [0.2, 0.25) is 11.6 Å². The zero-order chi connectivity index (χ0) is 14.5. The molecule has 2 rings (SSSR count). The molecule has 0 spiro atoms. The Morgan fingerprint density at radius 2 is 2.20 bits per heavy atom. The summed E-state index contributed by atoms with van der Waals surface area (Å²) < 4.78 is 10.5. The smallest absolute Gasteiger partial charge is 0.311 e. The molecule has 0 amide bonds. The van der Waals surface area contributed by atoms with Gasteiger partial charge in [-0.25, -0.2) is 4.98 Å². The Morgan fingerprint density at radius 3 is 2.85 bits per heavy atom. The van der Waals surface area contributed by atoms with Gasteiger partial charge in [-0.1, -0.05) is 0 Å². The van der Waals surface area contributed by atoms with Gasteiger partial charge in [-0.2, -0.15) is 0 Å². The summed E-state index contributed by atoms with van der Waals surface area (Å²) in [7, 11) is 1.45. The van der Waals surface area contributed by atoms with Gasteiger partial charge < -0.3 is 14.6 Å². The third-order valence-electron chi connectivity index (χ3n) is 2.59. The Balaban J connectivity index is 2.43. The lowest BCUT2D eigenvalue weighted by Crippen LogP contribution is -1.98. The summed E-state index contributed by atoms with van der Waals surface area (Å²) in [5.74, 6) is 0.543. The van der Waals surface area contributed by atoms with Gasteiger partial charge in [0.05, 0.1) is 18.6 Å². The molecule has 0 aliphatic rings. The predicted molar refractivity (Wildman–Crippen MR) is 69.9 cm³/mol. The normalized spacial score (nSPS) is 10.1. The van der Waals surface area contributed by atoms with E-state index in [-0.39, 0.29) is 23.9 Å². The van der Waals surface area contributed by atoms with Gasteiger partial charge in [-0.05, 0) is 18.2 Å². The molecular weight excluding hydrogens is 264 g/mol. The van der Waals surface area contributed by atoms with Crippen molar-refractivity contribution in [2.24, 2.45) is 0 Å². The van der Waals surface area contributed by atoms with Crippen LogP contribution in [0.3, 0.4) is 0 Å². The van der Waals surface area contributed by atoms with E-state index in [4.69, 9.17) is 9.47 Å². The van der Waals surface area contributed by atoms with Crippen LogP contribution in [-0.2, 0) is 6.61 Å². The SMILES string of the molecule is COc1ccc([N+](=O)[O-])c(Oc2ncccc2CO)c1. The van der Waals surface area contributed by atoms with Crippen LogP contribution in [0.4, 0.5) is 5.69 Å². The van der Waals surface area contributed by atoms with Gasteiger partial charge >= 0.3 is 5.69 Å². The summed E-state index contributed by atoms with van der Waals surface area (Å²) in [6.45, 7) is -0.277. The van der Waals surface area contributed by atoms with E-state index in [9.17, 15) is 15.2 Å². The van der Waals surface area contributed by atoms with E-state index in [1.165, 1.54) is 31.5 Å². The monoisotopic (exact) mass is 276 g/mol. The van der Waals surface area contributed by atoms with Crippen LogP contribution in [0, 0.1) is 10.1 Å². The maximum atomic E-state index is 11.0. The first-order valence-corrected chi connectivity index (χ1v) is 5.70. The number of pyridine rings is 1. The summed E-state index contributed by atoms with van der Waals surface area (Å²) in [6.07, 6.45) is 1.47. The second-order valence-corrected chi connectivity index (χ2v) is 3.82. The van der Waals surface area contributed by atoms with Gasteiger partial charge in [-0.15, -0.1) is 0 Å². The van der Waals surface area contributed by atoms with E-state index in [1.807, 2.05) is 0 Å². The summed E-state index contributed by atoms with van der Waals surface area (Å²) in [5, 5.41) is 20.2. The average Bonchev–Trinajstić information content (AvgIpc) is 2.47. The zero-order valence-corrected chi connectivity index (χ0v) is 10.6. The molecule has 0 aliphatic heterocycles. The van der Waals surface area contributed by atoms with Crippen LogP contribution in [0.15, 0.2) is 36.5 Å². The van der Waals surface area contributed by atoms with E-state index in [1.54, 1.807) is 12.1 Å². The van der Waals surface area contributed by atoms with Crippen molar-refractivity contribution in [2.75, 3.05) is 7.11 Å². The fraction of sp³-hybridized carbons (Fsp3) is 0.154. The maximum absolute atomic E-state index is 11.0. The zero-order valence-electron chi connectivity index (χ0n) is 10.6. The van der Waals surface area contributed by atoms with Crippen molar-refractivity contribution in [3.8, 4) is 17.4 Å². The van der Waals surface area contributed by atoms with E-state index in [0.29, 0.717) is 11.3 Å². The lowest BCUT2D eigenvalue weighted by molar-refractivity contribution is -0.385. The summed E-state index contributed by atoms with van der Waals surface area (Å²) in [6, 6.07) is 7.41. The van der Waals surface area contributed by atoms with Crippen LogP contribution in [0.25, 0.3) is 0 Å². The van der Waals surface area contributed by atoms with Crippen molar-refractivity contribution in [1.29, 1.82) is 0 Å². The molecule has 0 aliphatic carbocycles. The van der Waals surface area contributed by atoms with Gasteiger partial charge in [0.1, 0.15) is 5.75 Å². The van der Waals surface area contributed by atoms with Crippen molar-refractivity contribution in [3.05, 3.63) is 52.2 Å². The minimum atomic E-state index is -0.559. The summed E-state index contributed by atoms with van der Waals surface area (Å²) in [5.41, 5.74) is 0.227. The lowest BCUT2D eigenvalue weighted by Gasteiger charge is -2.09. The highest BCUT2D eigenvalue weighted by atomic mass is 16.6. The Bertz CT molecular complexity index is 630. The van der Waals surface area contributed by atoms with Crippen molar-refractivity contribution in [2.45, 2.75) is 6.61 Å². The van der Waals surface area contributed by atoms with Gasteiger partial charge in [-0.3, -0.25) is 10.1 Å². The number of hydrogen-bond donors (Lipinski definition) is 1. The van der Waals surface area contributed by atoms with Crippen LogP contribution in [0.2, 0.25) is 0 Å². The number of rotatable bonds is 5. The number of benzene rings is 1. The number of nitro benzene ring substituents is 1. The number of hydrogen-bond acceptors (Lipinski definition) is 6. The Hall–Kier alpha value is -2.67. The molecule has 1 N–H and O–H groups in total. The average molecular weight is 276 g/mol. The number of aliphatic hydroxyl groups is 1. The molecule has 7 nitrogen and oxygen atoms in total. The number of nitrogens with zero attached hydrogens (tertiary/aromatic N) is 2.